The Bertz CT molecular complexity index is 328. The molecule has 0 aliphatic heterocycles. The first-order valence-corrected chi connectivity index (χ1v) is 4.78. The second-order valence-electron chi connectivity index (χ2n) is 4.50. The quantitative estimate of drug-likeness (QED) is 0.571. The molecule has 0 spiro atoms. The summed E-state index contributed by atoms with van der Waals surface area (Å²) in [5, 5.41) is 0. The van der Waals surface area contributed by atoms with Gasteiger partial charge in [-0.15, -0.1) is 0 Å². The van der Waals surface area contributed by atoms with E-state index in [-0.39, 0.29) is 11.3 Å². The van der Waals surface area contributed by atoms with E-state index in [0.29, 0.717) is 0 Å². The van der Waals surface area contributed by atoms with Gasteiger partial charge >= 0.3 is 0 Å². The molecule has 13 heavy (non-hydrogen) atoms. The molecule has 0 fully saturated rings. The van der Waals surface area contributed by atoms with Crippen LogP contribution in [-0.4, -0.2) is 6.17 Å². The third-order valence-corrected chi connectivity index (χ3v) is 3.27. The van der Waals surface area contributed by atoms with Crippen molar-refractivity contribution in [3.8, 4) is 0 Å². The van der Waals surface area contributed by atoms with Crippen LogP contribution in [0.2, 0.25) is 0 Å². The SMILES string of the molecule is CC1c2ccccc2C(C)(C)C1F. The van der Waals surface area contributed by atoms with E-state index < -0.39 is 6.17 Å². The molecule has 1 aliphatic rings. The molecule has 1 aromatic carbocycles. The number of rotatable bonds is 0. The van der Waals surface area contributed by atoms with E-state index in [0.717, 1.165) is 0 Å². The van der Waals surface area contributed by atoms with Crippen molar-refractivity contribution >= 4 is 0 Å². The lowest BCUT2D eigenvalue weighted by molar-refractivity contribution is 0.210. The Labute approximate surface area is 78.8 Å². The van der Waals surface area contributed by atoms with Crippen LogP contribution in [0.4, 0.5) is 4.39 Å². The Morgan fingerprint density at radius 3 is 2.46 bits per heavy atom. The Morgan fingerprint density at radius 2 is 1.85 bits per heavy atom. The van der Waals surface area contributed by atoms with Gasteiger partial charge in [-0.2, -0.15) is 0 Å². The summed E-state index contributed by atoms with van der Waals surface area (Å²) in [6, 6.07) is 8.07. The maximum absolute atomic E-state index is 13.9. The van der Waals surface area contributed by atoms with E-state index in [4.69, 9.17) is 0 Å². The molecule has 0 bridgehead atoms. The highest BCUT2D eigenvalue weighted by Crippen LogP contribution is 2.47. The molecule has 0 heterocycles. The van der Waals surface area contributed by atoms with Crippen molar-refractivity contribution in [3.63, 3.8) is 0 Å². The van der Waals surface area contributed by atoms with Gasteiger partial charge in [0.15, 0.2) is 0 Å². The van der Waals surface area contributed by atoms with Gasteiger partial charge in [0, 0.05) is 11.3 Å². The van der Waals surface area contributed by atoms with E-state index in [1.54, 1.807) is 0 Å². The number of halogens is 1. The lowest BCUT2D eigenvalue weighted by Crippen LogP contribution is -2.26. The van der Waals surface area contributed by atoms with Crippen LogP contribution in [0.15, 0.2) is 24.3 Å². The monoisotopic (exact) mass is 178 g/mol. The number of fused-ring (bicyclic) bond motifs is 1. The van der Waals surface area contributed by atoms with E-state index in [9.17, 15) is 4.39 Å². The predicted octanol–water partition coefficient (Wildman–Crippen LogP) is 3.42. The van der Waals surface area contributed by atoms with E-state index in [2.05, 4.69) is 0 Å². The summed E-state index contributed by atoms with van der Waals surface area (Å²) < 4.78 is 13.9. The molecule has 0 aromatic heterocycles. The maximum atomic E-state index is 13.9. The van der Waals surface area contributed by atoms with Crippen molar-refractivity contribution < 1.29 is 4.39 Å². The minimum absolute atomic E-state index is 0.0474. The van der Waals surface area contributed by atoms with Gasteiger partial charge in [0.25, 0.3) is 0 Å². The second-order valence-corrected chi connectivity index (χ2v) is 4.50. The molecule has 2 rings (SSSR count). The molecule has 0 N–H and O–H groups in total. The van der Waals surface area contributed by atoms with Gasteiger partial charge in [0.1, 0.15) is 6.17 Å². The normalized spacial score (nSPS) is 30.2. The number of alkyl halides is 1. The van der Waals surface area contributed by atoms with Crippen LogP contribution in [0.3, 0.4) is 0 Å². The lowest BCUT2D eigenvalue weighted by Gasteiger charge is -2.23. The van der Waals surface area contributed by atoms with E-state index >= 15 is 0 Å². The molecule has 1 aromatic rings. The van der Waals surface area contributed by atoms with Crippen LogP contribution in [0, 0.1) is 0 Å². The average molecular weight is 178 g/mol. The van der Waals surface area contributed by atoms with Gasteiger partial charge < -0.3 is 0 Å². The standard InChI is InChI=1S/C12H15F/c1-8-9-6-4-5-7-10(9)12(2,3)11(8)13/h4-8,11H,1-3H3. The Balaban J connectivity index is 2.61. The maximum Gasteiger partial charge on any atom is 0.116 e. The fourth-order valence-electron chi connectivity index (χ4n) is 2.41. The van der Waals surface area contributed by atoms with Crippen LogP contribution in [-0.2, 0) is 5.41 Å². The molecule has 0 saturated carbocycles. The molecule has 0 nitrogen and oxygen atoms in total. The third kappa shape index (κ3) is 1.03. The number of hydrogen-bond donors (Lipinski definition) is 0. The lowest BCUT2D eigenvalue weighted by atomic mass is 9.84. The van der Waals surface area contributed by atoms with Crippen LogP contribution in [0.25, 0.3) is 0 Å². The molecular formula is C12H15F. The van der Waals surface area contributed by atoms with Crippen molar-refractivity contribution in [2.45, 2.75) is 38.3 Å². The summed E-state index contributed by atoms with van der Waals surface area (Å²) in [5.74, 6) is 0.0474. The summed E-state index contributed by atoms with van der Waals surface area (Å²) in [7, 11) is 0. The van der Waals surface area contributed by atoms with Crippen LogP contribution in [0.5, 0.6) is 0 Å². The number of hydrogen-bond acceptors (Lipinski definition) is 0. The zero-order valence-electron chi connectivity index (χ0n) is 8.34. The van der Waals surface area contributed by atoms with Crippen molar-refractivity contribution in [2.75, 3.05) is 0 Å². The highest BCUT2D eigenvalue weighted by molar-refractivity contribution is 5.43. The third-order valence-electron chi connectivity index (χ3n) is 3.27. The molecule has 1 heteroatoms. The summed E-state index contributed by atoms with van der Waals surface area (Å²) in [4.78, 5) is 0. The molecule has 0 saturated heterocycles. The van der Waals surface area contributed by atoms with Gasteiger partial charge in [-0.1, -0.05) is 45.0 Å². The zero-order chi connectivity index (χ0) is 9.64. The first-order valence-electron chi connectivity index (χ1n) is 4.78. The Kier molecular flexibility index (Phi) is 1.73. The topological polar surface area (TPSA) is 0 Å². The van der Waals surface area contributed by atoms with Crippen LogP contribution < -0.4 is 0 Å². The molecule has 2 unspecified atom stereocenters. The van der Waals surface area contributed by atoms with Gasteiger partial charge in [-0.05, 0) is 11.1 Å². The van der Waals surface area contributed by atoms with E-state index in [1.165, 1.54) is 11.1 Å². The van der Waals surface area contributed by atoms with Crippen molar-refractivity contribution in [2.24, 2.45) is 0 Å². The molecular weight excluding hydrogens is 163 g/mol. The molecule has 70 valence electrons. The summed E-state index contributed by atoms with van der Waals surface area (Å²) in [6.45, 7) is 5.94. The average Bonchev–Trinajstić information content (AvgIpc) is 2.30. The molecule has 1 aliphatic carbocycles. The Morgan fingerprint density at radius 1 is 1.23 bits per heavy atom. The minimum Gasteiger partial charge on any atom is -0.246 e. The predicted molar refractivity (Wildman–Crippen MR) is 52.8 cm³/mol. The minimum atomic E-state index is -0.745. The smallest absolute Gasteiger partial charge is 0.116 e. The van der Waals surface area contributed by atoms with Gasteiger partial charge in [0.2, 0.25) is 0 Å². The Hall–Kier alpha value is -0.850. The van der Waals surface area contributed by atoms with Crippen molar-refractivity contribution in [1.29, 1.82) is 0 Å². The largest absolute Gasteiger partial charge is 0.246 e. The second kappa shape index (κ2) is 2.57. The number of benzene rings is 1. The van der Waals surface area contributed by atoms with Crippen LogP contribution in [0.1, 0.15) is 37.8 Å². The fraction of sp³-hybridized carbons (Fsp3) is 0.500. The van der Waals surface area contributed by atoms with Crippen LogP contribution >= 0.6 is 0 Å². The van der Waals surface area contributed by atoms with E-state index in [1.807, 2.05) is 45.0 Å². The first kappa shape index (κ1) is 8.74. The summed E-state index contributed by atoms with van der Waals surface area (Å²) >= 11 is 0. The highest BCUT2D eigenvalue weighted by atomic mass is 19.1. The van der Waals surface area contributed by atoms with Gasteiger partial charge in [0.05, 0.1) is 0 Å². The van der Waals surface area contributed by atoms with Gasteiger partial charge in [-0.3, -0.25) is 0 Å². The first-order chi connectivity index (χ1) is 6.05. The fourth-order valence-corrected chi connectivity index (χ4v) is 2.41. The summed E-state index contributed by atoms with van der Waals surface area (Å²) in [6.07, 6.45) is -0.745. The molecule has 2 atom stereocenters. The van der Waals surface area contributed by atoms with Crippen molar-refractivity contribution in [1.82, 2.24) is 0 Å². The molecule has 0 radical (unpaired) electrons. The zero-order valence-corrected chi connectivity index (χ0v) is 8.34. The highest BCUT2D eigenvalue weighted by Gasteiger charge is 2.44. The van der Waals surface area contributed by atoms with Gasteiger partial charge in [-0.25, -0.2) is 4.39 Å². The molecule has 0 amide bonds. The van der Waals surface area contributed by atoms with Crippen molar-refractivity contribution in [3.05, 3.63) is 35.4 Å². The summed E-state index contributed by atoms with van der Waals surface area (Å²) in [5.41, 5.74) is 2.05.